The number of esters is 1. The van der Waals surface area contributed by atoms with Gasteiger partial charge in [0.25, 0.3) is 0 Å². The number of allylic oxidation sites excluding steroid dienone is 1. The van der Waals surface area contributed by atoms with Crippen molar-refractivity contribution in [3.05, 3.63) is 12.3 Å². The monoisotopic (exact) mass is 647 g/mol. The maximum atomic E-state index is 12.5. The number of ether oxygens (including phenoxy) is 2. The molecule has 0 heterocycles. The van der Waals surface area contributed by atoms with E-state index in [4.69, 9.17) is 24.3 Å². The van der Waals surface area contributed by atoms with E-state index in [0.29, 0.717) is 6.42 Å². The minimum absolute atomic E-state index is 0.0375. The molecule has 44 heavy (non-hydrogen) atoms. The van der Waals surface area contributed by atoms with E-state index in [-0.39, 0.29) is 32.3 Å². The Morgan fingerprint density at radius 1 is 0.682 bits per heavy atom. The molecule has 0 saturated heterocycles. The van der Waals surface area contributed by atoms with Gasteiger partial charge in [-0.05, 0) is 25.3 Å². The van der Waals surface area contributed by atoms with Gasteiger partial charge in [0, 0.05) is 13.0 Å². The Bertz CT molecular complexity index is 692. The van der Waals surface area contributed by atoms with Crippen LogP contribution in [-0.2, 0) is 27.9 Å². The van der Waals surface area contributed by atoms with Crippen molar-refractivity contribution in [2.24, 2.45) is 5.73 Å². The van der Waals surface area contributed by atoms with Gasteiger partial charge in [0.2, 0.25) is 0 Å². The summed E-state index contributed by atoms with van der Waals surface area (Å²) in [6.45, 7) is 4.24. The van der Waals surface area contributed by atoms with Crippen molar-refractivity contribution in [1.82, 2.24) is 0 Å². The van der Waals surface area contributed by atoms with Crippen molar-refractivity contribution in [2.75, 3.05) is 26.4 Å². The number of unbranched alkanes of at least 4 members (excludes halogenated alkanes) is 22. The molecular formula is C35H70NO7P. The fourth-order valence-electron chi connectivity index (χ4n) is 5.08. The Morgan fingerprint density at radius 3 is 1.61 bits per heavy atom. The predicted octanol–water partition coefficient (Wildman–Crippen LogP) is 10.3. The number of hydrogen-bond acceptors (Lipinski definition) is 7. The van der Waals surface area contributed by atoms with Gasteiger partial charge in [0.1, 0.15) is 6.61 Å². The lowest BCUT2D eigenvalue weighted by Gasteiger charge is -2.19. The van der Waals surface area contributed by atoms with Crippen LogP contribution < -0.4 is 5.73 Å². The van der Waals surface area contributed by atoms with Crippen LogP contribution in [0.25, 0.3) is 0 Å². The second-order valence-electron chi connectivity index (χ2n) is 12.2. The summed E-state index contributed by atoms with van der Waals surface area (Å²) < 4.78 is 33.0. The summed E-state index contributed by atoms with van der Waals surface area (Å²) in [5.41, 5.74) is 5.34. The summed E-state index contributed by atoms with van der Waals surface area (Å²) in [5, 5.41) is 0. The highest BCUT2D eigenvalue weighted by Crippen LogP contribution is 2.43. The van der Waals surface area contributed by atoms with Gasteiger partial charge in [-0.25, -0.2) is 4.57 Å². The molecule has 9 heteroatoms. The van der Waals surface area contributed by atoms with E-state index in [1.807, 2.05) is 6.08 Å². The summed E-state index contributed by atoms with van der Waals surface area (Å²) in [6, 6.07) is 0. The highest BCUT2D eigenvalue weighted by atomic mass is 31.2. The number of nitrogens with two attached hydrogens (primary N) is 1. The number of hydrogen-bond donors (Lipinski definition) is 2. The fraction of sp³-hybridized carbons (Fsp3) is 0.914. The molecule has 2 atom stereocenters. The normalized spacial score (nSPS) is 13.7. The molecule has 3 N–H and O–H groups in total. The van der Waals surface area contributed by atoms with Crippen molar-refractivity contribution in [3.63, 3.8) is 0 Å². The molecule has 1 unspecified atom stereocenters. The van der Waals surface area contributed by atoms with Crippen LogP contribution in [0, 0.1) is 0 Å². The fourth-order valence-corrected chi connectivity index (χ4v) is 5.84. The van der Waals surface area contributed by atoms with E-state index in [2.05, 4.69) is 13.8 Å². The predicted molar refractivity (Wildman–Crippen MR) is 183 cm³/mol. The van der Waals surface area contributed by atoms with Crippen molar-refractivity contribution in [3.8, 4) is 0 Å². The molecule has 8 nitrogen and oxygen atoms in total. The Labute approximate surface area is 271 Å². The molecule has 0 aromatic carbocycles. The number of rotatable bonds is 35. The molecule has 0 amide bonds. The largest absolute Gasteiger partial charge is 0.498 e. The van der Waals surface area contributed by atoms with Gasteiger partial charge < -0.3 is 20.1 Å². The second-order valence-corrected chi connectivity index (χ2v) is 13.6. The van der Waals surface area contributed by atoms with E-state index in [9.17, 15) is 14.3 Å². The van der Waals surface area contributed by atoms with Crippen molar-refractivity contribution in [1.29, 1.82) is 0 Å². The summed E-state index contributed by atoms with van der Waals surface area (Å²) in [6.07, 6.45) is 33.1. The van der Waals surface area contributed by atoms with Crippen LogP contribution in [0.3, 0.4) is 0 Å². The molecule has 0 spiro atoms. The molecule has 0 fully saturated rings. The van der Waals surface area contributed by atoms with Crippen LogP contribution in [0.1, 0.15) is 174 Å². The van der Waals surface area contributed by atoms with E-state index in [1.54, 1.807) is 6.26 Å². The maximum absolute atomic E-state index is 12.5. The first-order chi connectivity index (χ1) is 21.4. The lowest BCUT2D eigenvalue weighted by atomic mass is 10.0. The van der Waals surface area contributed by atoms with Gasteiger partial charge in [-0.2, -0.15) is 0 Å². The van der Waals surface area contributed by atoms with Gasteiger partial charge in [-0.1, -0.05) is 149 Å². The molecule has 0 rings (SSSR count). The molecule has 0 aliphatic heterocycles. The first-order valence-electron chi connectivity index (χ1n) is 18.2. The molecule has 0 saturated carbocycles. The molecule has 0 radical (unpaired) electrons. The Hall–Kier alpha value is -0.920. The van der Waals surface area contributed by atoms with E-state index < -0.39 is 13.9 Å². The third kappa shape index (κ3) is 32.5. The number of phosphoric acid groups is 1. The van der Waals surface area contributed by atoms with Gasteiger partial charge in [0.15, 0.2) is 6.10 Å². The van der Waals surface area contributed by atoms with E-state index in [0.717, 1.165) is 32.1 Å². The van der Waals surface area contributed by atoms with Crippen LogP contribution in [0.2, 0.25) is 0 Å². The van der Waals surface area contributed by atoms with Crippen LogP contribution in [-0.4, -0.2) is 43.3 Å². The standard InChI is InChI=1S/C35H70NO7P/c1-3-5-7-9-11-13-15-16-17-19-21-23-25-27-30-40-32-34(33-42-44(38,39)41-31-29-36)43-35(37)28-26-24-22-20-18-14-12-10-8-6-4-2/h27,30,34H,3-26,28-29,31-33,36H2,1-2H3,(H,38,39)/t34-/m1/s1. The lowest BCUT2D eigenvalue weighted by Crippen LogP contribution is -2.27. The summed E-state index contributed by atoms with van der Waals surface area (Å²) in [5.74, 6) is -0.353. The molecule has 0 bridgehead atoms. The van der Waals surface area contributed by atoms with Crippen molar-refractivity contribution >= 4 is 13.8 Å². The number of carbonyl (C=O) groups excluding carboxylic acids is 1. The minimum Gasteiger partial charge on any atom is -0.498 e. The molecule has 262 valence electrons. The highest BCUT2D eigenvalue weighted by molar-refractivity contribution is 7.47. The molecule has 0 aromatic rings. The zero-order chi connectivity index (χ0) is 32.4. The first-order valence-corrected chi connectivity index (χ1v) is 19.7. The minimum atomic E-state index is -4.28. The zero-order valence-corrected chi connectivity index (χ0v) is 29.6. The van der Waals surface area contributed by atoms with Crippen LogP contribution in [0.4, 0.5) is 0 Å². The Balaban J connectivity index is 4.14. The number of phosphoric ester groups is 1. The van der Waals surface area contributed by atoms with Gasteiger partial charge >= 0.3 is 13.8 Å². The van der Waals surface area contributed by atoms with Gasteiger partial charge in [-0.3, -0.25) is 13.8 Å². The molecule has 0 aliphatic rings. The van der Waals surface area contributed by atoms with E-state index >= 15 is 0 Å². The summed E-state index contributed by atoms with van der Waals surface area (Å²) in [7, 11) is -4.28. The zero-order valence-electron chi connectivity index (χ0n) is 28.7. The van der Waals surface area contributed by atoms with Crippen molar-refractivity contribution < 1.29 is 32.8 Å². The maximum Gasteiger partial charge on any atom is 0.472 e. The average molecular weight is 648 g/mol. The Kier molecular flexibility index (Phi) is 32.7. The summed E-state index contributed by atoms with van der Waals surface area (Å²) in [4.78, 5) is 22.3. The van der Waals surface area contributed by atoms with Crippen LogP contribution >= 0.6 is 7.82 Å². The van der Waals surface area contributed by atoms with Crippen molar-refractivity contribution in [2.45, 2.75) is 180 Å². The second kappa shape index (κ2) is 33.4. The lowest BCUT2D eigenvalue weighted by molar-refractivity contribution is -0.153. The average Bonchev–Trinajstić information content (AvgIpc) is 3.01. The van der Waals surface area contributed by atoms with Crippen LogP contribution in [0.5, 0.6) is 0 Å². The first kappa shape index (κ1) is 43.1. The van der Waals surface area contributed by atoms with Gasteiger partial charge in [-0.15, -0.1) is 0 Å². The molecule has 0 aromatic heterocycles. The molecule has 0 aliphatic carbocycles. The SMILES string of the molecule is CCCCCCCCCCCCCCC=COC[C@H](COP(=O)(O)OCCN)OC(=O)CCCCCCCCCCCCC. The smallest absolute Gasteiger partial charge is 0.472 e. The Morgan fingerprint density at radius 2 is 1.14 bits per heavy atom. The quantitative estimate of drug-likeness (QED) is 0.0302. The third-order valence-corrected chi connectivity index (χ3v) is 8.76. The summed E-state index contributed by atoms with van der Waals surface area (Å²) >= 11 is 0. The van der Waals surface area contributed by atoms with E-state index in [1.165, 1.54) is 122 Å². The molecular weight excluding hydrogens is 577 g/mol. The highest BCUT2D eigenvalue weighted by Gasteiger charge is 2.25. The van der Waals surface area contributed by atoms with Gasteiger partial charge in [0.05, 0.1) is 19.5 Å². The van der Waals surface area contributed by atoms with Crippen LogP contribution in [0.15, 0.2) is 12.3 Å². The third-order valence-electron chi connectivity index (χ3n) is 7.78. The number of carbonyl (C=O) groups is 1. The topological polar surface area (TPSA) is 117 Å².